The summed E-state index contributed by atoms with van der Waals surface area (Å²) in [5, 5.41) is 3.28. The number of likely N-dealkylation sites (N-methyl/N-ethyl adjacent to an activating group) is 1. The van der Waals surface area contributed by atoms with Gasteiger partial charge < -0.3 is 10.2 Å². The van der Waals surface area contributed by atoms with Gasteiger partial charge >= 0.3 is 0 Å². The molecule has 0 radical (unpaired) electrons. The number of nitrogens with one attached hydrogen (secondary N) is 1. The van der Waals surface area contributed by atoms with Crippen LogP contribution in [-0.4, -0.2) is 36.1 Å². The van der Waals surface area contributed by atoms with Crippen molar-refractivity contribution in [2.75, 3.05) is 25.5 Å². The van der Waals surface area contributed by atoms with Crippen molar-refractivity contribution in [1.29, 1.82) is 0 Å². The molecule has 0 saturated carbocycles. The van der Waals surface area contributed by atoms with E-state index >= 15 is 0 Å². The van der Waals surface area contributed by atoms with Crippen LogP contribution in [0.5, 0.6) is 0 Å². The predicted octanol–water partition coefficient (Wildman–Crippen LogP) is 1.83. The van der Waals surface area contributed by atoms with Gasteiger partial charge in [-0.1, -0.05) is 6.07 Å². The third-order valence-corrected chi connectivity index (χ3v) is 2.32. The smallest absolute Gasteiger partial charge is 0.125 e. The topological polar surface area (TPSA) is 28.2 Å². The highest BCUT2D eigenvalue weighted by Gasteiger charge is 2.01. The third-order valence-electron chi connectivity index (χ3n) is 2.32. The lowest BCUT2D eigenvalue weighted by atomic mass is 10.3. The summed E-state index contributed by atoms with van der Waals surface area (Å²) in [6.45, 7) is 6.36. The van der Waals surface area contributed by atoms with Crippen LogP contribution in [-0.2, 0) is 0 Å². The number of anilines is 1. The fraction of sp³-hybridized carbons (Fsp3) is 0.545. The lowest BCUT2D eigenvalue weighted by Gasteiger charge is -2.20. The van der Waals surface area contributed by atoms with Crippen molar-refractivity contribution in [2.45, 2.75) is 19.9 Å². The Kier molecular flexibility index (Phi) is 4.40. The second-order valence-electron chi connectivity index (χ2n) is 3.72. The highest BCUT2D eigenvalue weighted by atomic mass is 15.1. The van der Waals surface area contributed by atoms with Gasteiger partial charge in [0.25, 0.3) is 0 Å². The Morgan fingerprint density at radius 2 is 2.21 bits per heavy atom. The van der Waals surface area contributed by atoms with Crippen molar-refractivity contribution < 1.29 is 0 Å². The maximum atomic E-state index is 4.19. The van der Waals surface area contributed by atoms with Gasteiger partial charge in [0.15, 0.2) is 0 Å². The molecule has 0 aliphatic heterocycles. The van der Waals surface area contributed by atoms with Gasteiger partial charge in [0.2, 0.25) is 0 Å². The second-order valence-corrected chi connectivity index (χ2v) is 3.72. The number of hydrogen-bond acceptors (Lipinski definition) is 3. The van der Waals surface area contributed by atoms with E-state index in [0.717, 1.165) is 18.9 Å². The van der Waals surface area contributed by atoms with E-state index in [-0.39, 0.29) is 0 Å². The first-order valence-electron chi connectivity index (χ1n) is 5.05. The third kappa shape index (κ3) is 3.75. The SMILES string of the molecule is CC(C)N(C)CCNc1ccccn1. The maximum Gasteiger partial charge on any atom is 0.125 e. The number of hydrogen-bond donors (Lipinski definition) is 1. The number of nitrogens with zero attached hydrogens (tertiary/aromatic N) is 2. The summed E-state index contributed by atoms with van der Waals surface area (Å²) >= 11 is 0. The largest absolute Gasteiger partial charge is 0.369 e. The lowest BCUT2D eigenvalue weighted by Crippen LogP contribution is -2.31. The number of aromatic nitrogens is 1. The Bertz CT molecular complexity index is 246. The summed E-state index contributed by atoms with van der Waals surface area (Å²) in [6, 6.07) is 6.49. The predicted molar refractivity (Wildman–Crippen MR) is 60.5 cm³/mol. The summed E-state index contributed by atoms with van der Waals surface area (Å²) in [4.78, 5) is 6.49. The molecule has 0 amide bonds. The first kappa shape index (κ1) is 11.0. The second kappa shape index (κ2) is 5.60. The summed E-state index contributed by atoms with van der Waals surface area (Å²) in [5.74, 6) is 0.949. The molecule has 78 valence electrons. The van der Waals surface area contributed by atoms with Crippen molar-refractivity contribution in [3.8, 4) is 0 Å². The molecule has 0 aromatic carbocycles. The van der Waals surface area contributed by atoms with Gasteiger partial charge in [-0.15, -0.1) is 0 Å². The fourth-order valence-electron chi connectivity index (χ4n) is 1.09. The molecular weight excluding hydrogens is 174 g/mol. The van der Waals surface area contributed by atoms with E-state index in [1.165, 1.54) is 0 Å². The van der Waals surface area contributed by atoms with Crippen LogP contribution in [0.4, 0.5) is 5.82 Å². The van der Waals surface area contributed by atoms with E-state index in [2.05, 4.69) is 36.1 Å². The fourth-order valence-corrected chi connectivity index (χ4v) is 1.09. The van der Waals surface area contributed by atoms with Gasteiger partial charge in [-0.25, -0.2) is 4.98 Å². The van der Waals surface area contributed by atoms with Crippen LogP contribution in [0.25, 0.3) is 0 Å². The van der Waals surface area contributed by atoms with E-state index < -0.39 is 0 Å². The molecule has 14 heavy (non-hydrogen) atoms. The molecule has 3 heteroatoms. The Labute approximate surface area is 86.2 Å². The van der Waals surface area contributed by atoms with Gasteiger partial charge in [-0.05, 0) is 33.0 Å². The monoisotopic (exact) mass is 193 g/mol. The minimum atomic E-state index is 0.598. The minimum Gasteiger partial charge on any atom is -0.369 e. The van der Waals surface area contributed by atoms with Crippen LogP contribution in [0.15, 0.2) is 24.4 Å². The van der Waals surface area contributed by atoms with Gasteiger partial charge in [-0.2, -0.15) is 0 Å². The van der Waals surface area contributed by atoms with E-state index in [4.69, 9.17) is 0 Å². The molecule has 0 spiro atoms. The zero-order valence-corrected chi connectivity index (χ0v) is 9.20. The van der Waals surface area contributed by atoms with Crippen LogP contribution in [0.3, 0.4) is 0 Å². The molecule has 0 aliphatic carbocycles. The number of pyridine rings is 1. The molecule has 1 N–H and O–H groups in total. The molecule has 1 rings (SSSR count). The highest BCUT2D eigenvalue weighted by Crippen LogP contribution is 1.99. The van der Waals surface area contributed by atoms with Crippen molar-refractivity contribution >= 4 is 5.82 Å². The van der Waals surface area contributed by atoms with Gasteiger partial charge in [0.05, 0.1) is 0 Å². The van der Waals surface area contributed by atoms with Crippen LogP contribution < -0.4 is 5.32 Å². The maximum absolute atomic E-state index is 4.19. The van der Waals surface area contributed by atoms with Gasteiger partial charge in [-0.3, -0.25) is 0 Å². The first-order valence-corrected chi connectivity index (χ1v) is 5.05. The van der Waals surface area contributed by atoms with E-state index in [1.807, 2.05) is 18.2 Å². The summed E-state index contributed by atoms with van der Waals surface area (Å²) in [5.41, 5.74) is 0. The van der Waals surface area contributed by atoms with Crippen LogP contribution in [0.1, 0.15) is 13.8 Å². The molecule has 0 aliphatic rings. The molecule has 0 unspecified atom stereocenters. The molecule has 1 heterocycles. The van der Waals surface area contributed by atoms with Crippen LogP contribution in [0.2, 0.25) is 0 Å². The van der Waals surface area contributed by atoms with Gasteiger partial charge in [0.1, 0.15) is 5.82 Å². The van der Waals surface area contributed by atoms with Crippen molar-refractivity contribution in [2.24, 2.45) is 0 Å². The molecule has 3 nitrogen and oxygen atoms in total. The van der Waals surface area contributed by atoms with E-state index in [1.54, 1.807) is 6.20 Å². The van der Waals surface area contributed by atoms with Crippen LogP contribution >= 0.6 is 0 Å². The zero-order valence-electron chi connectivity index (χ0n) is 9.20. The quantitative estimate of drug-likeness (QED) is 0.773. The Hall–Kier alpha value is -1.09. The van der Waals surface area contributed by atoms with Crippen molar-refractivity contribution in [3.63, 3.8) is 0 Å². The Morgan fingerprint density at radius 1 is 1.43 bits per heavy atom. The first-order chi connectivity index (χ1) is 6.70. The minimum absolute atomic E-state index is 0.598. The molecule has 0 bridgehead atoms. The average molecular weight is 193 g/mol. The summed E-state index contributed by atoms with van der Waals surface area (Å²) < 4.78 is 0. The molecule has 1 aromatic heterocycles. The standard InChI is InChI=1S/C11H19N3/c1-10(2)14(3)9-8-13-11-6-4-5-7-12-11/h4-7,10H,8-9H2,1-3H3,(H,12,13). The van der Waals surface area contributed by atoms with Crippen LogP contribution in [0, 0.1) is 0 Å². The molecule has 0 saturated heterocycles. The molecule has 0 fully saturated rings. The molecular formula is C11H19N3. The average Bonchev–Trinajstić information content (AvgIpc) is 2.19. The normalized spacial score (nSPS) is 10.9. The van der Waals surface area contributed by atoms with Crippen molar-refractivity contribution in [3.05, 3.63) is 24.4 Å². The molecule has 0 atom stereocenters. The summed E-state index contributed by atoms with van der Waals surface area (Å²) in [6.07, 6.45) is 1.80. The highest BCUT2D eigenvalue weighted by molar-refractivity contribution is 5.32. The van der Waals surface area contributed by atoms with E-state index in [0.29, 0.717) is 6.04 Å². The van der Waals surface area contributed by atoms with Crippen molar-refractivity contribution in [1.82, 2.24) is 9.88 Å². The van der Waals surface area contributed by atoms with Gasteiger partial charge in [0, 0.05) is 25.3 Å². The summed E-state index contributed by atoms with van der Waals surface area (Å²) in [7, 11) is 2.13. The number of rotatable bonds is 5. The van der Waals surface area contributed by atoms with E-state index in [9.17, 15) is 0 Å². The Balaban J connectivity index is 2.22. The molecule has 1 aromatic rings. The Morgan fingerprint density at radius 3 is 2.79 bits per heavy atom. The lowest BCUT2D eigenvalue weighted by molar-refractivity contribution is 0.284. The zero-order chi connectivity index (χ0) is 10.4.